The summed E-state index contributed by atoms with van der Waals surface area (Å²) < 4.78 is 11.3. The van der Waals surface area contributed by atoms with Crippen LogP contribution in [0.1, 0.15) is 25.8 Å². The molecule has 4 nitrogen and oxygen atoms in total. The van der Waals surface area contributed by atoms with Crippen molar-refractivity contribution < 1.29 is 9.47 Å². The van der Waals surface area contributed by atoms with Crippen LogP contribution < -0.4 is 14.9 Å². The molecule has 128 valence electrons. The fourth-order valence-electron chi connectivity index (χ4n) is 2.01. The molecular formula is C18H20Cl2N2O2. The minimum absolute atomic E-state index is 0.499. The van der Waals surface area contributed by atoms with Crippen molar-refractivity contribution in [3.8, 4) is 11.5 Å². The Labute approximate surface area is 152 Å². The van der Waals surface area contributed by atoms with Crippen molar-refractivity contribution in [2.45, 2.75) is 20.3 Å². The molecule has 0 radical (unpaired) electrons. The number of halogens is 2. The van der Waals surface area contributed by atoms with Gasteiger partial charge < -0.3 is 9.47 Å². The normalized spacial score (nSPS) is 10.8. The maximum Gasteiger partial charge on any atom is 0.179 e. The van der Waals surface area contributed by atoms with Crippen molar-refractivity contribution >= 4 is 35.1 Å². The van der Waals surface area contributed by atoms with Crippen LogP contribution in [0.15, 0.2) is 41.5 Å². The minimum Gasteiger partial charge on any atom is -0.490 e. The molecule has 0 aliphatic carbocycles. The molecule has 2 aromatic rings. The summed E-state index contributed by atoms with van der Waals surface area (Å²) in [5.41, 5.74) is 4.53. The van der Waals surface area contributed by atoms with Gasteiger partial charge in [0.05, 0.1) is 30.1 Å². The van der Waals surface area contributed by atoms with Crippen LogP contribution in [0.4, 0.5) is 5.69 Å². The van der Waals surface area contributed by atoms with E-state index in [2.05, 4.69) is 10.5 Å². The van der Waals surface area contributed by atoms with Gasteiger partial charge in [0.15, 0.2) is 11.5 Å². The molecule has 2 rings (SSSR count). The van der Waals surface area contributed by atoms with E-state index in [9.17, 15) is 0 Å². The van der Waals surface area contributed by atoms with E-state index in [1.54, 1.807) is 24.4 Å². The fourth-order valence-corrected chi connectivity index (χ4v) is 2.47. The molecule has 0 atom stereocenters. The van der Waals surface area contributed by atoms with E-state index in [0.717, 1.165) is 17.7 Å². The van der Waals surface area contributed by atoms with E-state index < -0.39 is 0 Å². The first-order valence-electron chi connectivity index (χ1n) is 7.77. The molecule has 24 heavy (non-hydrogen) atoms. The van der Waals surface area contributed by atoms with E-state index in [0.29, 0.717) is 34.8 Å². The maximum absolute atomic E-state index is 6.32. The van der Waals surface area contributed by atoms with Gasteiger partial charge in [-0.1, -0.05) is 36.2 Å². The summed E-state index contributed by atoms with van der Waals surface area (Å²) in [4.78, 5) is 0. The molecule has 2 aromatic carbocycles. The monoisotopic (exact) mass is 366 g/mol. The number of nitrogens with zero attached hydrogens (tertiary/aromatic N) is 1. The van der Waals surface area contributed by atoms with Gasteiger partial charge in [0.25, 0.3) is 0 Å². The zero-order valence-electron chi connectivity index (χ0n) is 13.7. The Morgan fingerprint density at radius 1 is 1.12 bits per heavy atom. The number of ether oxygens (including phenoxy) is 2. The Morgan fingerprint density at radius 2 is 1.96 bits per heavy atom. The average Bonchev–Trinajstić information content (AvgIpc) is 2.54. The van der Waals surface area contributed by atoms with Gasteiger partial charge in [-0.15, -0.1) is 0 Å². The largest absolute Gasteiger partial charge is 0.490 e. The van der Waals surface area contributed by atoms with Crippen LogP contribution in [0.3, 0.4) is 0 Å². The van der Waals surface area contributed by atoms with Gasteiger partial charge in [-0.2, -0.15) is 5.10 Å². The molecule has 0 aromatic heterocycles. The van der Waals surface area contributed by atoms with Crippen LogP contribution in [0.5, 0.6) is 11.5 Å². The zero-order chi connectivity index (χ0) is 17.4. The highest BCUT2D eigenvalue weighted by molar-refractivity contribution is 6.32. The molecule has 0 aliphatic rings. The van der Waals surface area contributed by atoms with E-state index in [4.69, 9.17) is 32.7 Å². The number of rotatable bonds is 8. The maximum atomic E-state index is 6.32. The lowest BCUT2D eigenvalue weighted by atomic mass is 10.2. The molecule has 0 bridgehead atoms. The lowest BCUT2D eigenvalue weighted by Gasteiger charge is -2.13. The van der Waals surface area contributed by atoms with Crippen molar-refractivity contribution in [3.63, 3.8) is 0 Å². The van der Waals surface area contributed by atoms with Crippen LogP contribution in [0.2, 0.25) is 10.0 Å². The predicted octanol–water partition coefficient (Wildman–Crippen LogP) is 5.63. The summed E-state index contributed by atoms with van der Waals surface area (Å²) >= 11 is 12.3. The first-order chi connectivity index (χ1) is 11.6. The van der Waals surface area contributed by atoms with Gasteiger partial charge in [0, 0.05) is 5.02 Å². The molecule has 6 heteroatoms. The molecule has 0 saturated heterocycles. The Morgan fingerprint density at radius 3 is 2.67 bits per heavy atom. The van der Waals surface area contributed by atoms with Gasteiger partial charge in [-0.3, -0.25) is 5.43 Å². The lowest BCUT2D eigenvalue weighted by Crippen LogP contribution is -2.02. The van der Waals surface area contributed by atoms with Crippen LogP contribution in [-0.4, -0.2) is 19.4 Å². The summed E-state index contributed by atoms with van der Waals surface area (Å²) in [5.74, 6) is 1.18. The number of nitrogens with one attached hydrogen (secondary N) is 1. The molecule has 0 unspecified atom stereocenters. The molecule has 0 aliphatic heterocycles. The predicted molar refractivity (Wildman–Crippen MR) is 101 cm³/mol. The molecule has 0 fully saturated rings. The molecule has 0 heterocycles. The molecule has 0 saturated carbocycles. The second-order valence-corrected chi connectivity index (χ2v) is 5.84. The SMILES string of the molecule is CCCOc1c(Cl)cc(C=NNc2cccc(Cl)c2)cc1OCC. The Kier molecular flexibility index (Phi) is 7.22. The zero-order valence-corrected chi connectivity index (χ0v) is 15.2. The summed E-state index contributed by atoms with van der Waals surface area (Å²) in [6.07, 6.45) is 2.56. The van der Waals surface area contributed by atoms with E-state index >= 15 is 0 Å². The summed E-state index contributed by atoms with van der Waals surface area (Å²) in [7, 11) is 0. The third-order valence-electron chi connectivity index (χ3n) is 3.01. The number of hydrogen-bond acceptors (Lipinski definition) is 4. The number of benzene rings is 2. The highest BCUT2D eigenvalue weighted by Gasteiger charge is 2.11. The van der Waals surface area contributed by atoms with Crippen LogP contribution in [-0.2, 0) is 0 Å². The summed E-state index contributed by atoms with van der Waals surface area (Å²) in [5, 5.41) is 5.34. The summed E-state index contributed by atoms with van der Waals surface area (Å²) in [6, 6.07) is 11.0. The fraction of sp³-hybridized carbons (Fsp3) is 0.278. The Balaban J connectivity index is 2.16. The third-order valence-corrected chi connectivity index (χ3v) is 3.53. The average molecular weight is 367 g/mol. The van der Waals surface area contributed by atoms with Crippen molar-refractivity contribution in [2.75, 3.05) is 18.6 Å². The Hall–Kier alpha value is -1.91. The molecule has 0 spiro atoms. The van der Waals surface area contributed by atoms with E-state index in [-0.39, 0.29) is 0 Å². The van der Waals surface area contributed by atoms with Crippen molar-refractivity contribution in [3.05, 3.63) is 52.0 Å². The van der Waals surface area contributed by atoms with Gasteiger partial charge in [0.2, 0.25) is 0 Å². The number of anilines is 1. The Bertz CT molecular complexity index is 705. The van der Waals surface area contributed by atoms with Crippen LogP contribution >= 0.6 is 23.2 Å². The van der Waals surface area contributed by atoms with Crippen molar-refractivity contribution in [1.82, 2.24) is 0 Å². The quantitative estimate of drug-likeness (QED) is 0.486. The minimum atomic E-state index is 0.499. The van der Waals surface area contributed by atoms with Gasteiger partial charge in [-0.05, 0) is 49.2 Å². The molecule has 0 amide bonds. The van der Waals surface area contributed by atoms with E-state index in [1.807, 2.05) is 32.0 Å². The van der Waals surface area contributed by atoms with Gasteiger partial charge in [0.1, 0.15) is 0 Å². The van der Waals surface area contributed by atoms with Crippen LogP contribution in [0.25, 0.3) is 0 Å². The van der Waals surface area contributed by atoms with Crippen molar-refractivity contribution in [1.29, 1.82) is 0 Å². The topological polar surface area (TPSA) is 42.8 Å². The number of hydrogen-bond donors (Lipinski definition) is 1. The first-order valence-corrected chi connectivity index (χ1v) is 8.53. The standard InChI is InChI=1S/C18H20Cl2N2O2/c1-3-8-24-18-16(20)9-13(10-17(18)23-4-2)12-21-22-15-7-5-6-14(19)11-15/h5-7,9-12,22H,3-4,8H2,1-2H3. The van der Waals surface area contributed by atoms with Crippen LogP contribution in [0, 0.1) is 0 Å². The second-order valence-electron chi connectivity index (χ2n) is 4.99. The van der Waals surface area contributed by atoms with Gasteiger partial charge >= 0.3 is 0 Å². The summed E-state index contributed by atoms with van der Waals surface area (Å²) in [6.45, 7) is 5.07. The molecular weight excluding hydrogens is 347 g/mol. The molecule has 1 N–H and O–H groups in total. The number of hydrazone groups is 1. The van der Waals surface area contributed by atoms with Gasteiger partial charge in [-0.25, -0.2) is 0 Å². The first kappa shape index (κ1) is 18.4. The lowest BCUT2D eigenvalue weighted by molar-refractivity contribution is 0.277. The highest BCUT2D eigenvalue weighted by atomic mass is 35.5. The van der Waals surface area contributed by atoms with E-state index in [1.165, 1.54) is 0 Å². The third kappa shape index (κ3) is 5.32. The highest BCUT2D eigenvalue weighted by Crippen LogP contribution is 2.36. The van der Waals surface area contributed by atoms with Crippen molar-refractivity contribution in [2.24, 2.45) is 5.10 Å². The second kappa shape index (κ2) is 9.40. The smallest absolute Gasteiger partial charge is 0.179 e.